The molecule has 44 heavy (non-hydrogen) atoms. The van der Waals surface area contributed by atoms with Crippen LogP contribution < -0.4 is 0 Å². The lowest BCUT2D eigenvalue weighted by molar-refractivity contribution is -0.148. The molecule has 0 saturated carbocycles. The van der Waals surface area contributed by atoms with Crippen LogP contribution in [-0.4, -0.2) is 43.4 Å². The van der Waals surface area contributed by atoms with Crippen molar-refractivity contribution in [2.45, 2.75) is 194 Å². The fourth-order valence-corrected chi connectivity index (χ4v) is 5.74. The molecule has 0 aliphatic rings. The van der Waals surface area contributed by atoms with Crippen LogP contribution in [0.4, 0.5) is 0 Å². The Kier molecular flexibility index (Phi) is 29.3. The average molecular weight is 645 g/mol. The highest BCUT2D eigenvalue weighted by Gasteiger charge is 2.10. The standard InChI is InChI=1S/C36H68O7S/c1-4-5-6-7-8-9-10-11-12-13-14-15-16-17-18-19-20-21-22-26-29-35(37)43-34(3)28-25-23-24-27-33(2)32-36(38)42-30-31-44(39,40)41/h32,34H,4-31H2,1-3H3,(H,39,40,41). The Bertz CT molecular complexity index is 822. The first-order valence-corrected chi connectivity index (χ1v) is 19.7. The average Bonchev–Trinajstić information content (AvgIpc) is 2.95. The van der Waals surface area contributed by atoms with E-state index in [0.29, 0.717) is 6.42 Å². The SMILES string of the molecule is CCCCCCCCCCCCCCCCCCCCCCC(=O)OC(C)CCCCCC(C)=CC(=O)OCCS(=O)(=O)O. The van der Waals surface area contributed by atoms with Gasteiger partial charge in [0.05, 0.1) is 6.10 Å². The van der Waals surface area contributed by atoms with Crippen LogP contribution in [-0.2, 0) is 29.2 Å². The second kappa shape index (κ2) is 30.3. The van der Waals surface area contributed by atoms with Crippen LogP contribution in [0.15, 0.2) is 11.6 Å². The van der Waals surface area contributed by atoms with Gasteiger partial charge in [-0.1, -0.05) is 141 Å². The minimum Gasteiger partial charge on any atom is -0.463 e. The molecule has 0 saturated heterocycles. The normalized spacial score (nSPS) is 12.8. The molecule has 0 spiro atoms. The topological polar surface area (TPSA) is 107 Å². The summed E-state index contributed by atoms with van der Waals surface area (Å²) in [5, 5.41) is 0. The minimum absolute atomic E-state index is 0.0815. The monoisotopic (exact) mass is 644 g/mol. The third-order valence-corrected chi connectivity index (χ3v) is 8.88. The number of carbonyl (C=O) groups excluding carboxylic acids is 2. The molecule has 1 atom stereocenters. The van der Waals surface area contributed by atoms with Crippen LogP contribution in [0.5, 0.6) is 0 Å². The van der Waals surface area contributed by atoms with Gasteiger partial charge in [-0.2, -0.15) is 8.42 Å². The summed E-state index contributed by atoms with van der Waals surface area (Å²) < 4.78 is 40.3. The summed E-state index contributed by atoms with van der Waals surface area (Å²) in [6.45, 7) is 5.69. The molecule has 0 aromatic rings. The molecule has 0 radical (unpaired) electrons. The van der Waals surface area contributed by atoms with Crippen molar-refractivity contribution < 1.29 is 32.0 Å². The molecule has 8 heteroatoms. The van der Waals surface area contributed by atoms with Gasteiger partial charge in [0.25, 0.3) is 10.1 Å². The van der Waals surface area contributed by atoms with Gasteiger partial charge in [0.15, 0.2) is 0 Å². The van der Waals surface area contributed by atoms with E-state index in [9.17, 15) is 18.0 Å². The van der Waals surface area contributed by atoms with E-state index in [-0.39, 0.29) is 18.7 Å². The van der Waals surface area contributed by atoms with E-state index in [1.807, 2.05) is 13.8 Å². The smallest absolute Gasteiger partial charge is 0.330 e. The molecule has 0 rings (SSSR count). The number of carbonyl (C=O) groups is 2. The van der Waals surface area contributed by atoms with Crippen molar-refractivity contribution in [3.05, 3.63) is 11.6 Å². The van der Waals surface area contributed by atoms with E-state index in [0.717, 1.165) is 50.5 Å². The zero-order valence-corrected chi connectivity index (χ0v) is 29.6. The number of rotatable bonds is 32. The van der Waals surface area contributed by atoms with Crippen LogP contribution in [0.2, 0.25) is 0 Å². The molecule has 7 nitrogen and oxygen atoms in total. The predicted molar refractivity (Wildman–Crippen MR) is 182 cm³/mol. The Morgan fingerprint density at radius 1 is 0.659 bits per heavy atom. The largest absolute Gasteiger partial charge is 0.463 e. The number of ether oxygens (including phenoxy) is 2. The van der Waals surface area contributed by atoms with Crippen LogP contribution in [0.3, 0.4) is 0 Å². The van der Waals surface area contributed by atoms with Crippen molar-refractivity contribution in [1.29, 1.82) is 0 Å². The molecule has 260 valence electrons. The lowest BCUT2D eigenvalue weighted by Crippen LogP contribution is -2.14. The summed E-state index contributed by atoms with van der Waals surface area (Å²) in [6, 6.07) is 0. The Labute approximate surface area is 271 Å². The van der Waals surface area contributed by atoms with Gasteiger partial charge in [-0.25, -0.2) is 4.79 Å². The number of unbranched alkanes of at least 4 members (excludes halogenated alkanes) is 21. The first-order chi connectivity index (χ1) is 21.1. The van der Waals surface area contributed by atoms with E-state index in [1.165, 1.54) is 122 Å². The first-order valence-electron chi connectivity index (χ1n) is 18.1. The summed E-state index contributed by atoms with van der Waals surface area (Å²) in [4.78, 5) is 23.8. The van der Waals surface area contributed by atoms with Gasteiger partial charge in [-0.15, -0.1) is 0 Å². The van der Waals surface area contributed by atoms with Crippen LogP contribution in [0.25, 0.3) is 0 Å². The molecule has 0 amide bonds. The van der Waals surface area contributed by atoms with E-state index in [1.54, 1.807) is 0 Å². The van der Waals surface area contributed by atoms with Crippen molar-refractivity contribution in [2.24, 2.45) is 0 Å². The predicted octanol–water partition coefficient (Wildman–Crippen LogP) is 10.5. The molecular formula is C36H68O7S. The third-order valence-electron chi connectivity index (χ3n) is 8.20. The number of hydrogen-bond acceptors (Lipinski definition) is 6. The maximum atomic E-state index is 12.1. The van der Waals surface area contributed by atoms with Crippen molar-refractivity contribution >= 4 is 22.1 Å². The Morgan fingerprint density at radius 2 is 1.07 bits per heavy atom. The first kappa shape index (κ1) is 42.6. The molecule has 0 aromatic heterocycles. The number of allylic oxidation sites excluding steroid dienone is 1. The van der Waals surface area contributed by atoms with Crippen LogP contribution in [0, 0.1) is 0 Å². The highest BCUT2D eigenvalue weighted by molar-refractivity contribution is 7.85. The molecule has 0 bridgehead atoms. The van der Waals surface area contributed by atoms with Gasteiger partial charge in [0.2, 0.25) is 0 Å². The summed E-state index contributed by atoms with van der Waals surface area (Å²) >= 11 is 0. The quantitative estimate of drug-likeness (QED) is 0.0336. The molecule has 0 heterocycles. The fraction of sp³-hybridized carbons (Fsp3) is 0.889. The van der Waals surface area contributed by atoms with E-state index < -0.39 is 21.8 Å². The van der Waals surface area contributed by atoms with Crippen LogP contribution >= 0.6 is 0 Å². The zero-order chi connectivity index (χ0) is 32.7. The molecule has 0 fully saturated rings. The third kappa shape index (κ3) is 33.5. The van der Waals surface area contributed by atoms with Crippen molar-refractivity contribution in [3.8, 4) is 0 Å². The molecule has 0 aliphatic carbocycles. The van der Waals surface area contributed by atoms with Crippen LogP contribution in [0.1, 0.15) is 188 Å². The van der Waals surface area contributed by atoms with E-state index >= 15 is 0 Å². The summed E-state index contributed by atoms with van der Waals surface area (Å²) in [5.74, 6) is -1.30. The molecule has 0 aliphatic heterocycles. The zero-order valence-electron chi connectivity index (χ0n) is 28.8. The van der Waals surface area contributed by atoms with Crippen molar-refractivity contribution in [2.75, 3.05) is 12.4 Å². The second-order valence-corrected chi connectivity index (χ2v) is 14.4. The van der Waals surface area contributed by atoms with Crippen molar-refractivity contribution in [1.82, 2.24) is 0 Å². The maximum Gasteiger partial charge on any atom is 0.330 e. The molecule has 1 N–H and O–H groups in total. The van der Waals surface area contributed by atoms with Gasteiger partial charge in [-0.05, 0) is 46.0 Å². The highest BCUT2D eigenvalue weighted by atomic mass is 32.2. The van der Waals surface area contributed by atoms with Gasteiger partial charge in [0.1, 0.15) is 12.4 Å². The van der Waals surface area contributed by atoms with Crippen molar-refractivity contribution in [3.63, 3.8) is 0 Å². The molecule has 0 aromatic carbocycles. The van der Waals surface area contributed by atoms with Gasteiger partial charge >= 0.3 is 11.9 Å². The van der Waals surface area contributed by atoms with Gasteiger partial charge in [0, 0.05) is 12.5 Å². The Hall–Kier alpha value is -1.41. The fourth-order valence-electron chi connectivity index (χ4n) is 5.44. The van der Waals surface area contributed by atoms with E-state index in [2.05, 4.69) is 6.92 Å². The van der Waals surface area contributed by atoms with E-state index in [4.69, 9.17) is 14.0 Å². The summed E-state index contributed by atoms with van der Waals surface area (Å²) in [7, 11) is -4.13. The minimum atomic E-state index is -4.13. The number of hydrogen-bond donors (Lipinski definition) is 1. The Balaban J connectivity index is 3.48. The lowest BCUT2D eigenvalue weighted by Gasteiger charge is -2.13. The lowest BCUT2D eigenvalue weighted by atomic mass is 10.0. The Morgan fingerprint density at radius 3 is 1.52 bits per heavy atom. The number of esters is 2. The summed E-state index contributed by atoms with van der Waals surface area (Å²) in [6.07, 6.45) is 33.1. The van der Waals surface area contributed by atoms with Gasteiger partial charge in [-0.3, -0.25) is 9.35 Å². The van der Waals surface area contributed by atoms with Gasteiger partial charge < -0.3 is 9.47 Å². The maximum absolute atomic E-state index is 12.1. The second-order valence-electron chi connectivity index (χ2n) is 12.8. The molecule has 1 unspecified atom stereocenters. The highest BCUT2D eigenvalue weighted by Crippen LogP contribution is 2.16. The molecular weight excluding hydrogens is 576 g/mol. The summed E-state index contributed by atoms with van der Waals surface area (Å²) in [5.41, 5.74) is 0.858.